The molecule has 0 saturated carbocycles. The van der Waals surface area contributed by atoms with Gasteiger partial charge in [0.25, 0.3) is 11.6 Å². The van der Waals surface area contributed by atoms with E-state index in [2.05, 4.69) is 10.3 Å². The maximum Gasteiger partial charge on any atom is 0.270 e. The molecule has 7 heteroatoms. The molecule has 0 bridgehead atoms. The van der Waals surface area contributed by atoms with E-state index in [0.29, 0.717) is 23.4 Å². The molecule has 2 aromatic carbocycles. The Labute approximate surface area is 172 Å². The van der Waals surface area contributed by atoms with Gasteiger partial charge in [0.15, 0.2) is 0 Å². The summed E-state index contributed by atoms with van der Waals surface area (Å²) < 4.78 is 0. The molecule has 0 radical (unpaired) electrons. The average molecular weight is 405 g/mol. The molecular formula is C22H19N3O3S. The number of nitro groups is 1. The highest BCUT2D eigenvalue weighted by atomic mass is 32.2. The highest BCUT2D eigenvalue weighted by molar-refractivity contribution is 7.99. The Morgan fingerprint density at radius 3 is 2.59 bits per heavy atom. The quantitative estimate of drug-likeness (QED) is 0.150. The van der Waals surface area contributed by atoms with Crippen LogP contribution in [-0.2, 0) is 4.79 Å². The number of non-ortho nitro benzene ring substituents is 1. The molecule has 6 nitrogen and oxygen atoms in total. The van der Waals surface area contributed by atoms with Crippen LogP contribution >= 0.6 is 11.8 Å². The Hall–Kier alpha value is -3.45. The van der Waals surface area contributed by atoms with Crippen molar-refractivity contribution in [1.82, 2.24) is 10.3 Å². The van der Waals surface area contributed by atoms with Crippen molar-refractivity contribution in [2.75, 3.05) is 12.3 Å². The number of thioether (sulfide) groups is 1. The number of hydrogen-bond acceptors (Lipinski definition) is 5. The minimum Gasteiger partial charge on any atom is -0.351 e. The predicted octanol–water partition coefficient (Wildman–Crippen LogP) is 4.44. The molecule has 0 unspecified atom stereocenters. The second-order valence-corrected chi connectivity index (χ2v) is 7.16. The SMILES string of the molecule is O=C(NCCSc1ccccn1)/C(=C/c1cccc([N+](=O)[O-])c1)c1ccccc1. The summed E-state index contributed by atoms with van der Waals surface area (Å²) in [6.07, 6.45) is 3.40. The van der Waals surface area contributed by atoms with Crippen LogP contribution in [0.25, 0.3) is 11.6 Å². The third kappa shape index (κ3) is 6.02. The second kappa shape index (κ2) is 10.2. The van der Waals surface area contributed by atoms with E-state index in [1.807, 2.05) is 48.5 Å². The van der Waals surface area contributed by atoms with E-state index in [1.165, 1.54) is 12.1 Å². The molecule has 0 aliphatic carbocycles. The molecule has 29 heavy (non-hydrogen) atoms. The van der Waals surface area contributed by atoms with Gasteiger partial charge in [0.1, 0.15) is 0 Å². The molecule has 1 N–H and O–H groups in total. The molecule has 3 rings (SSSR count). The van der Waals surface area contributed by atoms with Crippen LogP contribution in [0.15, 0.2) is 84.0 Å². The minimum absolute atomic E-state index is 0.0154. The zero-order chi connectivity index (χ0) is 20.5. The lowest BCUT2D eigenvalue weighted by Crippen LogP contribution is -2.26. The fraction of sp³-hybridized carbons (Fsp3) is 0.0909. The largest absolute Gasteiger partial charge is 0.351 e. The zero-order valence-electron chi connectivity index (χ0n) is 15.5. The fourth-order valence-electron chi connectivity index (χ4n) is 2.64. The number of nitrogens with zero attached hydrogens (tertiary/aromatic N) is 2. The summed E-state index contributed by atoms with van der Waals surface area (Å²) in [5.41, 5.74) is 1.78. The highest BCUT2D eigenvalue weighted by Crippen LogP contribution is 2.21. The number of aromatic nitrogens is 1. The molecule has 0 aliphatic heterocycles. The van der Waals surface area contributed by atoms with Gasteiger partial charge in [-0.15, -0.1) is 11.8 Å². The van der Waals surface area contributed by atoms with Gasteiger partial charge in [0.2, 0.25) is 0 Å². The number of nitro benzene ring substituents is 1. The number of carbonyl (C=O) groups excluding carboxylic acids is 1. The van der Waals surface area contributed by atoms with Crippen LogP contribution in [0.4, 0.5) is 5.69 Å². The molecule has 0 saturated heterocycles. The van der Waals surface area contributed by atoms with Crippen LogP contribution in [0, 0.1) is 10.1 Å². The molecule has 0 spiro atoms. The van der Waals surface area contributed by atoms with Gasteiger partial charge in [-0.1, -0.05) is 48.5 Å². The van der Waals surface area contributed by atoms with Gasteiger partial charge in [-0.25, -0.2) is 4.98 Å². The van der Waals surface area contributed by atoms with Gasteiger partial charge in [-0.3, -0.25) is 14.9 Å². The van der Waals surface area contributed by atoms with Crippen molar-refractivity contribution in [2.24, 2.45) is 0 Å². The molecule has 0 atom stereocenters. The lowest BCUT2D eigenvalue weighted by molar-refractivity contribution is -0.384. The van der Waals surface area contributed by atoms with Crippen molar-refractivity contribution in [3.63, 3.8) is 0 Å². The van der Waals surface area contributed by atoms with Crippen LogP contribution in [0.3, 0.4) is 0 Å². The molecule has 0 fully saturated rings. The Balaban J connectivity index is 1.74. The smallest absolute Gasteiger partial charge is 0.270 e. The molecule has 0 aliphatic rings. The van der Waals surface area contributed by atoms with Crippen molar-refractivity contribution in [2.45, 2.75) is 5.03 Å². The molecule has 146 valence electrons. The number of carbonyl (C=O) groups is 1. The summed E-state index contributed by atoms with van der Waals surface area (Å²) >= 11 is 1.56. The number of nitrogens with one attached hydrogen (secondary N) is 1. The molecule has 1 aromatic heterocycles. The molecular weight excluding hydrogens is 386 g/mol. The summed E-state index contributed by atoms with van der Waals surface area (Å²) in [6.45, 7) is 0.471. The van der Waals surface area contributed by atoms with Gasteiger partial charge in [-0.05, 0) is 29.3 Å². The standard InChI is InChI=1S/C22H19N3O3S/c26-22(24-13-14-29-21-11-4-5-12-23-21)20(18-8-2-1-3-9-18)16-17-7-6-10-19(15-17)25(27)28/h1-12,15-16H,13-14H2,(H,24,26)/b20-16+. The molecule has 1 amide bonds. The van der Waals surface area contributed by atoms with E-state index < -0.39 is 4.92 Å². The van der Waals surface area contributed by atoms with E-state index in [0.717, 1.165) is 10.6 Å². The van der Waals surface area contributed by atoms with Crippen molar-refractivity contribution in [3.05, 3.63) is 100 Å². The average Bonchev–Trinajstić information content (AvgIpc) is 2.76. The first kappa shape index (κ1) is 20.3. The first-order valence-corrected chi connectivity index (χ1v) is 9.95. The maximum atomic E-state index is 12.8. The number of pyridine rings is 1. The second-order valence-electron chi connectivity index (χ2n) is 6.05. The number of amides is 1. The van der Waals surface area contributed by atoms with E-state index >= 15 is 0 Å². The summed E-state index contributed by atoms with van der Waals surface area (Å²) in [7, 11) is 0. The Kier molecular flexibility index (Phi) is 7.13. The summed E-state index contributed by atoms with van der Waals surface area (Å²) in [5.74, 6) is 0.450. The number of hydrogen-bond donors (Lipinski definition) is 1. The maximum absolute atomic E-state index is 12.8. The van der Waals surface area contributed by atoms with E-state index in [1.54, 1.807) is 36.2 Å². The summed E-state index contributed by atoms with van der Waals surface area (Å²) in [4.78, 5) is 27.7. The van der Waals surface area contributed by atoms with Crippen LogP contribution in [-0.4, -0.2) is 28.1 Å². The first-order chi connectivity index (χ1) is 14.1. The molecule has 1 heterocycles. The van der Waals surface area contributed by atoms with E-state index in [-0.39, 0.29) is 11.6 Å². The summed E-state index contributed by atoms with van der Waals surface area (Å²) in [6, 6.07) is 21.2. The van der Waals surface area contributed by atoms with Gasteiger partial charge in [0.05, 0.1) is 9.95 Å². The lowest BCUT2D eigenvalue weighted by Gasteiger charge is -2.10. The molecule has 3 aromatic rings. The van der Waals surface area contributed by atoms with E-state index in [4.69, 9.17) is 0 Å². The third-order valence-corrected chi connectivity index (χ3v) is 4.94. The predicted molar refractivity (Wildman–Crippen MR) is 115 cm³/mol. The van der Waals surface area contributed by atoms with Crippen LogP contribution < -0.4 is 5.32 Å². The van der Waals surface area contributed by atoms with Crippen LogP contribution in [0.1, 0.15) is 11.1 Å². The van der Waals surface area contributed by atoms with Crippen molar-refractivity contribution in [1.29, 1.82) is 0 Å². The Bertz CT molecular complexity index is 1010. The minimum atomic E-state index is -0.450. The topological polar surface area (TPSA) is 85.1 Å². The van der Waals surface area contributed by atoms with Crippen molar-refractivity contribution >= 4 is 35.0 Å². The van der Waals surface area contributed by atoms with Gasteiger partial charge < -0.3 is 5.32 Å². The Morgan fingerprint density at radius 1 is 1.07 bits per heavy atom. The number of benzene rings is 2. The third-order valence-electron chi connectivity index (χ3n) is 4.00. The Morgan fingerprint density at radius 2 is 1.86 bits per heavy atom. The van der Waals surface area contributed by atoms with Gasteiger partial charge >= 0.3 is 0 Å². The first-order valence-electron chi connectivity index (χ1n) is 8.97. The zero-order valence-corrected chi connectivity index (χ0v) is 16.3. The van der Waals surface area contributed by atoms with Gasteiger partial charge in [-0.2, -0.15) is 0 Å². The fourth-order valence-corrected chi connectivity index (χ4v) is 3.36. The van der Waals surface area contributed by atoms with Crippen molar-refractivity contribution in [3.8, 4) is 0 Å². The lowest BCUT2D eigenvalue weighted by atomic mass is 10.0. The highest BCUT2D eigenvalue weighted by Gasteiger charge is 2.13. The van der Waals surface area contributed by atoms with E-state index in [9.17, 15) is 14.9 Å². The normalized spacial score (nSPS) is 11.1. The number of rotatable bonds is 8. The van der Waals surface area contributed by atoms with Crippen molar-refractivity contribution < 1.29 is 9.72 Å². The summed E-state index contributed by atoms with van der Waals surface area (Å²) in [5, 5.41) is 14.9. The monoisotopic (exact) mass is 405 g/mol. The van der Waals surface area contributed by atoms with Gasteiger partial charge in [0, 0.05) is 36.2 Å². The van der Waals surface area contributed by atoms with Crippen LogP contribution in [0.2, 0.25) is 0 Å². The van der Waals surface area contributed by atoms with Crippen LogP contribution in [0.5, 0.6) is 0 Å².